The van der Waals surface area contributed by atoms with Gasteiger partial charge in [-0.05, 0) is 32.5 Å². The van der Waals surface area contributed by atoms with Gasteiger partial charge in [0.2, 0.25) is 0 Å². The molecule has 2 nitrogen and oxygen atoms in total. The molecule has 0 aliphatic heterocycles. The minimum absolute atomic E-state index is 0.0843. The summed E-state index contributed by atoms with van der Waals surface area (Å²) < 4.78 is 0. The van der Waals surface area contributed by atoms with Crippen LogP contribution in [0.25, 0.3) is 0 Å². The average Bonchev–Trinajstić information content (AvgIpc) is 2.29. The molecule has 0 saturated carbocycles. The molecule has 17 heavy (non-hydrogen) atoms. The Morgan fingerprint density at radius 3 is 2.65 bits per heavy atom. The van der Waals surface area contributed by atoms with Crippen molar-refractivity contribution in [1.29, 1.82) is 0 Å². The molecule has 0 aromatic heterocycles. The molecule has 0 N–H and O–H groups in total. The predicted octanol–water partition coefficient (Wildman–Crippen LogP) is 3.64. The number of halogens is 1. The summed E-state index contributed by atoms with van der Waals surface area (Å²) in [7, 11) is 1.98. The zero-order valence-corrected chi connectivity index (χ0v) is 11.5. The molecule has 0 fully saturated rings. The number of rotatable bonds is 6. The van der Waals surface area contributed by atoms with Crippen LogP contribution in [-0.2, 0) is 0 Å². The number of benzene rings is 1. The van der Waals surface area contributed by atoms with E-state index >= 15 is 0 Å². The molecular formula is C14H20ClNO. The van der Waals surface area contributed by atoms with E-state index < -0.39 is 0 Å². The Labute approximate surface area is 109 Å². The summed E-state index contributed by atoms with van der Waals surface area (Å²) in [5.41, 5.74) is 0.615. The molecule has 3 heteroatoms. The van der Waals surface area contributed by atoms with Crippen LogP contribution in [0.15, 0.2) is 24.3 Å². The van der Waals surface area contributed by atoms with Gasteiger partial charge in [-0.25, -0.2) is 0 Å². The number of likely N-dealkylation sites (N-methyl/N-ethyl adjacent to an activating group) is 1. The molecule has 0 aliphatic rings. The van der Waals surface area contributed by atoms with Gasteiger partial charge in [-0.2, -0.15) is 0 Å². The van der Waals surface area contributed by atoms with E-state index in [0.29, 0.717) is 23.2 Å². The third-order valence-corrected chi connectivity index (χ3v) is 3.36. The minimum Gasteiger partial charge on any atom is -0.296 e. The quantitative estimate of drug-likeness (QED) is 0.722. The lowest BCUT2D eigenvalue weighted by molar-refractivity contribution is 0.0921. The summed E-state index contributed by atoms with van der Waals surface area (Å²) in [5, 5.41) is 0.536. The van der Waals surface area contributed by atoms with Crippen LogP contribution in [0, 0.1) is 0 Å². The molecule has 0 spiro atoms. The van der Waals surface area contributed by atoms with E-state index in [2.05, 4.69) is 18.7 Å². The normalized spacial score (nSPS) is 12.8. The molecule has 1 aromatic carbocycles. The standard InChI is InChI=1S/C14H20ClNO/c1-4-7-11(2)16(3)10-14(17)12-8-5-6-9-13(12)15/h5-6,8-9,11H,4,7,10H2,1-3H3. The largest absolute Gasteiger partial charge is 0.296 e. The van der Waals surface area contributed by atoms with Crippen molar-refractivity contribution in [3.8, 4) is 0 Å². The van der Waals surface area contributed by atoms with Gasteiger partial charge < -0.3 is 0 Å². The van der Waals surface area contributed by atoms with Crippen molar-refractivity contribution in [3.05, 3.63) is 34.9 Å². The van der Waals surface area contributed by atoms with Crippen LogP contribution in [0.1, 0.15) is 37.0 Å². The van der Waals surface area contributed by atoms with Gasteiger partial charge in [-0.3, -0.25) is 9.69 Å². The van der Waals surface area contributed by atoms with Crippen molar-refractivity contribution in [2.24, 2.45) is 0 Å². The van der Waals surface area contributed by atoms with Gasteiger partial charge in [0, 0.05) is 11.6 Å². The van der Waals surface area contributed by atoms with E-state index in [1.807, 2.05) is 19.2 Å². The molecular weight excluding hydrogens is 234 g/mol. The second-order valence-electron chi connectivity index (χ2n) is 4.46. The summed E-state index contributed by atoms with van der Waals surface area (Å²) in [6, 6.07) is 7.64. The van der Waals surface area contributed by atoms with Crippen LogP contribution < -0.4 is 0 Å². The van der Waals surface area contributed by atoms with Crippen LogP contribution in [0.5, 0.6) is 0 Å². The van der Waals surface area contributed by atoms with E-state index in [4.69, 9.17) is 11.6 Å². The number of carbonyl (C=O) groups is 1. The SMILES string of the molecule is CCCC(C)N(C)CC(=O)c1ccccc1Cl. The first-order chi connectivity index (χ1) is 8.06. The first-order valence-electron chi connectivity index (χ1n) is 6.04. The van der Waals surface area contributed by atoms with Crippen LogP contribution in [0.4, 0.5) is 0 Å². The van der Waals surface area contributed by atoms with Gasteiger partial charge >= 0.3 is 0 Å². The Kier molecular flexibility index (Phi) is 5.66. The summed E-state index contributed by atoms with van der Waals surface area (Å²) in [4.78, 5) is 14.1. The second kappa shape index (κ2) is 6.77. The first kappa shape index (κ1) is 14.2. The van der Waals surface area contributed by atoms with Crippen molar-refractivity contribution in [2.75, 3.05) is 13.6 Å². The highest BCUT2D eigenvalue weighted by Gasteiger charge is 2.15. The van der Waals surface area contributed by atoms with Crippen LogP contribution in [-0.4, -0.2) is 30.3 Å². The molecule has 1 unspecified atom stereocenters. The highest BCUT2D eigenvalue weighted by Crippen LogP contribution is 2.16. The third-order valence-electron chi connectivity index (χ3n) is 3.03. The molecule has 0 saturated heterocycles. The lowest BCUT2D eigenvalue weighted by Gasteiger charge is -2.23. The number of carbonyl (C=O) groups excluding carboxylic acids is 1. The number of hydrogen-bond donors (Lipinski definition) is 0. The number of ketones is 1. The van der Waals surface area contributed by atoms with Crippen LogP contribution in [0.2, 0.25) is 5.02 Å². The molecule has 0 aliphatic carbocycles. The summed E-state index contributed by atoms with van der Waals surface area (Å²) in [6.07, 6.45) is 2.23. The van der Waals surface area contributed by atoms with Crippen molar-refractivity contribution < 1.29 is 4.79 Å². The fourth-order valence-electron chi connectivity index (χ4n) is 1.79. The van der Waals surface area contributed by atoms with Crippen molar-refractivity contribution >= 4 is 17.4 Å². The first-order valence-corrected chi connectivity index (χ1v) is 6.42. The summed E-state index contributed by atoms with van der Waals surface area (Å²) >= 11 is 6.00. The van der Waals surface area contributed by atoms with Gasteiger partial charge in [0.15, 0.2) is 5.78 Å². The number of hydrogen-bond acceptors (Lipinski definition) is 2. The summed E-state index contributed by atoms with van der Waals surface area (Å²) in [6.45, 7) is 4.72. The smallest absolute Gasteiger partial charge is 0.178 e. The predicted molar refractivity (Wildman–Crippen MR) is 72.8 cm³/mol. The maximum atomic E-state index is 12.1. The van der Waals surface area contributed by atoms with Crippen molar-refractivity contribution in [2.45, 2.75) is 32.7 Å². The fourth-order valence-corrected chi connectivity index (χ4v) is 2.03. The molecule has 1 atom stereocenters. The van der Waals surface area contributed by atoms with Crippen LogP contribution >= 0.6 is 11.6 Å². The molecule has 0 amide bonds. The lowest BCUT2D eigenvalue weighted by Crippen LogP contribution is -2.33. The molecule has 0 heterocycles. The lowest BCUT2D eigenvalue weighted by atomic mass is 10.1. The fraction of sp³-hybridized carbons (Fsp3) is 0.500. The Balaban J connectivity index is 2.64. The minimum atomic E-state index is 0.0843. The number of Topliss-reactive ketones (excluding diaryl/α,β-unsaturated/α-hetero) is 1. The third kappa shape index (κ3) is 4.14. The molecule has 94 valence electrons. The Morgan fingerprint density at radius 2 is 2.06 bits per heavy atom. The van der Waals surface area contributed by atoms with Crippen molar-refractivity contribution in [1.82, 2.24) is 4.90 Å². The monoisotopic (exact) mass is 253 g/mol. The highest BCUT2D eigenvalue weighted by molar-refractivity contribution is 6.34. The maximum absolute atomic E-state index is 12.1. The van der Waals surface area contributed by atoms with E-state index in [1.54, 1.807) is 12.1 Å². The Hall–Kier alpha value is -0.860. The van der Waals surface area contributed by atoms with Gasteiger partial charge in [-0.15, -0.1) is 0 Å². The maximum Gasteiger partial charge on any atom is 0.178 e. The zero-order chi connectivity index (χ0) is 12.8. The van der Waals surface area contributed by atoms with Gasteiger partial charge in [0.1, 0.15) is 0 Å². The Bertz CT molecular complexity index is 378. The van der Waals surface area contributed by atoms with Gasteiger partial charge in [0.25, 0.3) is 0 Å². The van der Waals surface area contributed by atoms with Crippen molar-refractivity contribution in [3.63, 3.8) is 0 Å². The van der Waals surface area contributed by atoms with E-state index in [9.17, 15) is 4.79 Å². The highest BCUT2D eigenvalue weighted by atomic mass is 35.5. The van der Waals surface area contributed by atoms with Gasteiger partial charge in [-0.1, -0.05) is 37.1 Å². The molecule has 0 bridgehead atoms. The molecule has 1 aromatic rings. The topological polar surface area (TPSA) is 20.3 Å². The van der Waals surface area contributed by atoms with E-state index in [1.165, 1.54) is 0 Å². The average molecular weight is 254 g/mol. The van der Waals surface area contributed by atoms with E-state index in [-0.39, 0.29) is 5.78 Å². The zero-order valence-electron chi connectivity index (χ0n) is 10.7. The molecule has 0 radical (unpaired) electrons. The van der Waals surface area contributed by atoms with E-state index in [0.717, 1.165) is 12.8 Å². The second-order valence-corrected chi connectivity index (χ2v) is 4.86. The Morgan fingerprint density at radius 1 is 1.41 bits per heavy atom. The van der Waals surface area contributed by atoms with Crippen LogP contribution in [0.3, 0.4) is 0 Å². The number of nitrogens with zero attached hydrogens (tertiary/aromatic N) is 1. The summed E-state index contributed by atoms with van der Waals surface area (Å²) in [5.74, 6) is 0.0843. The molecule has 1 rings (SSSR count). The van der Waals surface area contributed by atoms with Gasteiger partial charge in [0.05, 0.1) is 11.6 Å².